The van der Waals surface area contributed by atoms with Gasteiger partial charge in [-0.05, 0) is 37.3 Å². The largest absolute Gasteiger partial charge is 0.481 e. The second-order valence-electron chi connectivity index (χ2n) is 6.76. The van der Waals surface area contributed by atoms with Gasteiger partial charge < -0.3 is 5.11 Å². The fourth-order valence-electron chi connectivity index (χ4n) is 3.21. The van der Waals surface area contributed by atoms with E-state index in [4.69, 9.17) is 0 Å². The minimum atomic E-state index is -0.960. The van der Waals surface area contributed by atoms with Crippen molar-refractivity contribution in [3.05, 3.63) is 35.9 Å². The molecule has 23 heavy (non-hydrogen) atoms. The van der Waals surface area contributed by atoms with Crippen LogP contribution in [-0.2, 0) is 9.59 Å². The summed E-state index contributed by atoms with van der Waals surface area (Å²) in [7, 11) is 0. The third-order valence-corrected chi connectivity index (χ3v) is 5.35. The van der Waals surface area contributed by atoms with E-state index in [0.717, 1.165) is 0 Å². The molecular weight excluding hydrogens is 296 g/mol. The zero-order valence-electron chi connectivity index (χ0n) is 13.6. The molecule has 0 saturated heterocycles. The van der Waals surface area contributed by atoms with Crippen molar-refractivity contribution in [3.63, 3.8) is 0 Å². The molecule has 6 heteroatoms. The van der Waals surface area contributed by atoms with Gasteiger partial charge in [0.15, 0.2) is 0 Å². The Balaban J connectivity index is 2.02. The number of rotatable bonds is 3. The van der Waals surface area contributed by atoms with Gasteiger partial charge in [-0.25, -0.2) is 0 Å². The first kappa shape index (κ1) is 17.0. The zero-order chi connectivity index (χ0) is 17.3. The number of hydrazine groups is 1. The number of carboxylic acids is 1. The first-order valence-electron chi connectivity index (χ1n) is 7.59. The molecule has 1 aliphatic carbocycles. The topological polar surface area (TPSA) is 95.5 Å². The smallest absolute Gasteiger partial charge is 0.309 e. The zero-order valence-corrected chi connectivity index (χ0v) is 13.6. The van der Waals surface area contributed by atoms with Crippen molar-refractivity contribution in [1.82, 2.24) is 10.9 Å². The summed E-state index contributed by atoms with van der Waals surface area (Å²) in [5.41, 5.74) is 3.58. The molecule has 1 aromatic rings. The molecule has 3 N–H and O–H groups in total. The lowest BCUT2D eigenvalue weighted by Gasteiger charge is -2.37. The molecule has 1 aliphatic rings. The Hall–Kier alpha value is -2.37. The Bertz CT molecular complexity index is 627. The maximum absolute atomic E-state index is 12.4. The van der Waals surface area contributed by atoms with Crippen molar-refractivity contribution in [2.24, 2.45) is 16.7 Å². The quantitative estimate of drug-likeness (QED) is 0.743. The van der Waals surface area contributed by atoms with Crippen molar-refractivity contribution in [2.75, 3.05) is 0 Å². The van der Waals surface area contributed by atoms with Crippen LogP contribution in [0.4, 0.5) is 0 Å². The normalized spacial score (nSPS) is 25.6. The number of carboxylic acid groups (broad SMARTS) is 1. The number of benzene rings is 1. The third-order valence-electron chi connectivity index (χ3n) is 5.35. The summed E-state index contributed by atoms with van der Waals surface area (Å²) >= 11 is 0. The highest BCUT2D eigenvalue weighted by Gasteiger charge is 2.58. The molecule has 1 saturated carbocycles. The molecule has 1 aromatic carbocycles. The average Bonchev–Trinajstić information content (AvgIpc) is 2.77. The van der Waals surface area contributed by atoms with E-state index in [2.05, 4.69) is 10.9 Å². The van der Waals surface area contributed by atoms with Crippen molar-refractivity contribution in [1.29, 1.82) is 0 Å². The fourth-order valence-corrected chi connectivity index (χ4v) is 3.21. The maximum Gasteiger partial charge on any atom is 0.309 e. The molecule has 0 aromatic heterocycles. The summed E-state index contributed by atoms with van der Waals surface area (Å²) in [5.74, 6) is -2.13. The Kier molecular flexibility index (Phi) is 4.45. The van der Waals surface area contributed by atoms with Gasteiger partial charge >= 0.3 is 5.97 Å². The van der Waals surface area contributed by atoms with Crippen LogP contribution in [-0.4, -0.2) is 22.9 Å². The Morgan fingerprint density at radius 1 is 1.09 bits per heavy atom. The first-order chi connectivity index (χ1) is 10.7. The van der Waals surface area contributed by atoms with Gasteiger partial charge in [0.1, 0.15) is 0 Å². The molecule has 6 nitrogen and oxygen atoms in total. The van der Waals surface area contributed by atoms with Gasteiger partial charge in [-0.3, -0.25) is 25.2 Å². The van der Waals surface area contributed by atoms with Gasteiger partial charge in [-0.15, -0.1) is 0 Å². The molecule has 2 rings (SSSR count). The monoisotopic (exact) mass is 318 g/mol. The van der Waals surface area contributed by atoms with Crippen LogP contribution >= 0.6 is 0 Å². The molecule has 2 amide bonds. The molecule has 0 radical (unpaired) electrons. The molecule has 1 fully saturated rings. The van der Waals surface area contributed by atoms with Gasteiger partial charge in [0, 0.05) is 11.5 Å². The summed E-state index contributed by atoms with van der Waals surface area (Å²) in [6.45, 7) is 5.25. The van der Waals surface area contributed by atoms with Crippen LogP contribution in [0.3, 0.4) is 0 Å². The number of amides is 2. The second-order valence-corrected chi connectivity index (χ2v) is 6.76. The highest BCUT2D eigenvalue weighted by atomic mass is 16.4. The van der Waals surface area contributed by atoms with Crippen LogP contribution < -0.4 is 10.9 Å². The summed E-state index contributed by atoms with van der Waals surface area (Å²) in [6, 6.07) is 8.54. The predicted octanol–water partition coefficient (Wildman–Crippen LogP) is 1.97. The number of aliphatic carboxylic acids is 1. The van der Waals surface area contributed by atoms with Crippen LogP contribution in [0.15, 0.2) is 30.3 Å². The molecule has 0 bridgehead atoms. The maximum atomic E-state index is 12.4. The molecule has 124 valence electrons. The van der Waals surface area contributed by atoms with E-state index in [1.807, 2.05) is 0 Å². The number of hydrogen-bond donors (Lipinski definition) is 3. The minimum Gasteiger partial charge on any atom is -0.481 e. The lowest BCUT2D eigenvalue weighted by atomic mass is 9.65. The summed E-state index contributed by atoms with van der Waals surface area (Å²) in [5, 5.41) is 9.47. The number of nitrogens with one attached hydrogen (secondary N) is 2. The average molecular weight is 318 g/mol. The molecule has 2 atom stereocenters. The Morgan fingerprint density at radius 2 is 1.70 bits per heavy atom. The summed E-state index contributed by atoms with van der Waals surface area (Å²) < 4.78 is 0. The van der Waals surface area contributed by atoms with Crippen molar-refractivity contribution in [2.45, 2.75) is 33.6 Å². The lowest BCUT2D eigenvalue weighted by Crippen LogP contribution is -2.49. The van der Waals surface area contributed by atoms with Gasteiger partial charge in [-0.2, -0.15) is 0 Å². The Morgan fingerprint density at radius 3 is 2.22 bits per heavy atom. The van der Waals surface area contributed by atoms with Gasteiger partial charge in [-0.1, -0.05) is 32.0 Å². The fraction of sp³-hybridized carbons (Fsp3) is 0.471. The van der Waals surface area contributed by atoms with Crippen LogP contribution in [0, 0.1) is 16.7 Å². The number of carbonyl (C=O) groups is 3. The van der Waals surface area contributed by atoms with Gasteiger partial charge in [0.2, 0.25) is 5.91 Å². The highest BCUT2D eigenvalue weighted by Crippen LogP contribution is 2.56. The molecule has 0 heterocycles. The van der Waals surface area contributed by atoms with Crippen LogP contribution in [0.2, 0.25) is 0 Å². The second kappa shape index (κ2) is 6.02. The highest BCUT2D eigenvalue weighted by molar-refractivity contribution is 5.95. The van der Waals surface area contributed by atoms with Crippen LogP contribution in [0.25, 0.3) is 0 Å². The standard InChI is InChI=1S/C17H22N2O4/c1-16(2)12(9-10-17(16,3)15(22)23)14(21)19-18-13(20)11-7-5-4-6-8-11/h4-8,12H,9-10H2,1-3H3,(H,18,20)(H,19,21)(H,22,23)/t12-,17-/m0/s1. The minimum absolute atomic E-state index is 0.357. The van der Waals surface area contributed by atoms with Crippen molar-refractivity contribution >= 4 is 17.8 Å². The molecule has 0 unspecified atom stereocenters. The molecule has 0 aliphatic heterocycles. The van der Waals surface area contributed by atoms with E-state index < -0.39 is 28.6 Å². The number of hydrogen-bond acceptors (Lipinski definition) is 3. The van der Waals surface area contributed by atoms with Crippen molar-refractivity contribution in [3.8, 4) is 0 Å². The number of carbonyl (C=O) groups excluding carboxylic acids is 2. The van der Waals surface area contributed by atoms with Crippen molar-refractivity contribution < 1.29 is 19.5 Å². The predicted molar refractivity (Wildman–Crippen MR) is 84.3 cm³/mol. The van der Waals surface area contributed by atoms with Gasteiger partial charge in [0.25, 0.3) is 5.91 Å². The SMILES string of the molecule is CC1(C)[C@H](C(=O)NNC(=O)c2ccccc2)CC[C@@]1(C)C(=O)O. The lowest BCUT2D eigenvalue weighted by molar-refractivity contribution is -0.155. The van der Waals surface area contributed by atoms with E-state index >= 15 is 0 Å². The van der Waals surface area contributed by atoms with Gasteiger partial charge in [0.05, 0.1) is 5.41 Å². The Labute approximate surface area is 135 Å². The van der Waals surface area contributed by atoms with E-state index in [-0.39, 0.29) is 5.91 Å². The molecule has 0 spiro atoms. The summed E-state index contributed by atoms with van der Waals surface area (Å²) in [6.07, 6.45) is 0.906. The van der Waals surface area contributed by atoms with E-state index in [0.29, 0.717) is 18.4 Å². The van der Waals surface area contributed by atoms with E-state index in [1.54, 1.807) is 51.1 Å². The van der Waals surface area contributed by atoms with E-state index in [9.17, 15) is 19.5 Å². The van der Waals surface area contributed by atoms with Crippen LogP contribution in [0.5, 0.6) is 0 Å². The summed E-state index contributed by atoms with van der Waals surface area (Å²) in [4.78, 5) is 35.9. The van der Waals surface area contributed by atoms with E-state index in [1.165, 1.54) is 0 Å². The van der Waals surface area contributed by atoms with Crippen LogP contribution in [0.1, 0.15) is 44.0 Å². The first-order valence-corrected chi connectivity index (χ1v) is 7.59. The third kappa shape index (κ3) is 2.93. The molecular formula is C17H22N2O4.